The highest BCUT2D eigenvalue weighted by Crippen LogP contribution is 2.26. The van der Waals surface area contributed by atoms with E-state index in [-0.39, 0.29) is 11.4 Å². The molecule has 0 saturated carbocycles. The summed E-state index contributed by atoms with van der Waals surface area (Å²) < 4.78 is 26.1. The Labute approximate surface area is 159 Å². The molecule has 0 aromatic heterocycles. The minimum Gasteiger partial charge on any atom is -0.324 e. The molecular formula is C16H16BrN3O5S. The summed E-state index contributed by atoms with van der Waals surface area (Å²) in [4.78, 5) is 22.8. The SMILES string of the molecule is C[C@@H](C(=O)Nc1ccc(Br)cc1)N(c1cccc([N+](=O)[O-])c1)S(C)(=O)=O. The first-order chi connectivity index (χ1) is 12.1. The van der Waals surface area contributed by atoms with Crippen LogP contribution in [0.15, 0.2) is 53.0 Å². The molecule has 2 rings (SSSR count). The third-order valence-corrected chi connectivity index (χ3v) is 5.27. The number of nitro groups is 1. The average Bonchev–Trinajstić information content (AvgIpc) is 2.56. The number of anilines is 2. The van der Waals surface area contributed by atoms with Crippen LogP contribution in [0.5, 0.6) is 0 Å². The molecule has 2 aromatic rings. The van der Waals surface area contributed by atoms with E-state index in [1.807, 2.05) is 0 Å². The highest BCUT2D eigenvalue weighted by atomic mass is 79.9. The molecule has 1 N–H and O–H groups in total. The Morgan fingerprint density at radius 3 is 2.38 bits per heavy atom. The van der Waals surface area contributed by atoms with Crippen molar-refractivity contribution in [1.82, 2.24) is 0 Å². The van der Waals surface area contributed by atoms with E-state index in [9.17, 15) is 23.3 Å². The summed E-state index contributed by atoms with van der Waals surface area (Å²) in [6.45, 7) is 1.41. The van der Waals surface area contributed by atoms with Gasteiger partial charge in [0.25, 0.3) is 5.69 Å². The summed E-state index contributed by atoms with van der Waals surface area (Å²) in [5.41, 5.74) is 0.273. The van der Waals surface area contributed by atoms with Crippen LogP contribution in [0.25, 0.3) is 0 Å². The number of halogens is 1. The number of benzene rings is 2. The molecule has 0 fully saturated rings. The molecule has 0 aliphatic carbocycles. The van der Waals surface area contributed by atoms with Gasteiger partial charge in [0.2, 0.25) is 15.9 Å². The van der Waals surface area contributed by atoms with Crippen LogP contribution in [0.1, 0.15) is 6.92 Å². The molecule has 0 spiro atoms. The maximum atomic E-state index is 12.5. The van der Waals surface area contributed by atoms with Crippen LogP contribution in [-0.2, 0) is 14.8 Å². The first-order valence-electron chi connectivity index (χ1n) is 7.40. The molecule has 10 heteroatoms. The van der Waals surface area contributed by atoms with Crippen molar-refractivity contribution in [2.45, 2.75) is 13.0 Å². The van der Waals surface area contributed by atoms with Gasteiger partial charge in [-0.3, -0.25) is 19.2 Å². The Bertz CT molecular complexity index is 931. The number of nitrogens with one attached hydrogen (secondary N) is 1. The Morgan fingerprint density at radius 2 is 1.85 bits per heavy atom. The molecule has 0 unspecified atom stereocenters. The van der Waals surface area contributed by atoms with Crippen molar-refractivity contribution in [2.75, 3.05) is 15.9 Å². The molecule has 1 amide bonds. The normalized spacial score (nSPS) is 12.3. The van der Waals surface area contributed by atoms with E-state index >= 15 is 0 Å². The lowest BCUT2D eigenvalue weighted by Gasteiger charge is -2.28. The maximum Gasteiger partial charge on any atom is 0.271 e. The zero-order chi connectivity index (χ0) is 19.5. The first kappa shape index (κ1) is 19.9. The minimum absolute atomic E-state index is 0.0418. The number of nitro benzene ring substituents is 1. The van der Waals surface area contributed by atoms with Crippen molar-refractivity contribution < 1.29 is 18.1 Å². The number of nitrogens with zero attached hydrogens (tertiary/aromatic N) is 2. The van der Waals surface area contributed by atoms with Crippen molar-refractivity contribution in [1.29, 1.82) is 0 Å². The van der Waals surface area contributed by atoms with Crippen molar-refractivity contribution in [2.24, 2.45) is 0 Å². The molecule has 26 heavy (non-hydrogen) atoms. The van der Waals surface area contributed by atoms with Gasteiger partial charge >= 0.3 is 0 Å². The molecule has 1 atom stereocenters. The highest BCUT2D eigenvalue weighted by molar-refractivity contribution is 9.10. The minimum atomic E-state index is -3.86. The zero-order valence-electron chi connectivity index (χ0n) is 13.9. The van der Waals surface area contributed by atoms with E-state index in [0.717, 1.165) is 21.1 Å². The average molecular weight is 442 g/mol. The molecule has 0 aliphatic rings. The lowest BCUT2D eigenvalue weighted by molar-refractivity contribution is -0.384. The van der Waals surface area contributed by atoms with Gasteiger partial charge in [0.15, 0.2) is 0 Å². The summed E-state index contributed by atoms with van der Waals surface area (Å²) in [5.74, 6) is -0.566. The van der Waals surface area contributed by atoms with Crippen LogP contribution in [0.2, 0.25) is 0 Å². The summed E-state index contributed by atoms with van der Waals surface area (Å²) in [5, 5.41) is 13.6. The molecule has 2 aromatic carbocycles. The van der Waals surface area contributed by atoms with E-state index in [1.165, 1.54) is 25.1 Å². The summed E-state index contributed by atoms with van der Waals surface area (Å²) >= 11 is 3.28. The molecule has 0 radical (unpaired) electrons. The van der Waals surface area contributed by atoms with Crippen molar-refractivity contribution in [3.63, 3.8) is 0 Å². The number of amides is 1. The van der Waals surface area contributed by atoms with Gasteiger partial charge in [-0.2, -0.15) is 0 Å². The van der Waals surface area contributed by atoms with Gasteiger partial charge in [0.1, 0.15) is 6.04 Å². The van der Waals surface area contributed by atoms with Gasteiger partial charge in [0, 0.05) is 22.3 Å². The topological polar surface area (TPSA) is 110 Å². The van der Waals surface area contributed by atoms with E-state index in [2.05, 4.69) is 21.2 Å². The Kier molecular flexibility index (Phi) is 5.98. The summed E-state index contributed by atoms with van der Waals surface area (Å²) in [6, 6.07) is 10.8. The van der Waals surface area contributed by atoms with E-state index in [0.29, 0.717) is 5.69 Å². The lowest BCUT2D eigenvalue weighted by Crippen LogP contribution is -2.45. The van der Waals surface area contributed by atoms with Crippen LogP contribution in [0.4, 0.5) is 17.1 Å². The fourth-order valence-electron chi connectivity index (χ4n) is 2.33. The monoisotopic (exact) mass is 441 g/mol. The Balaban J connectivity index is 2.34. The number of hydrogen-bond acceptors (Lipinski definition) is 5. The number of rotatable bonds is 6. The number of carbonyl (C=O) groups excluding carboxylic acids is 1. The van der Waals surface area contributed by atoms with Crippen molar-refractivity contribution >= 4 is 48.9 Å². The molecule has 0 bridgehead atoms. The third kappa shape index (κ3) is 4.79. The van der Waals surface area contributed by atoms with Crippen LogP contribution in [-0.4, -0.2) is 31.5 Å². The van der Waals surface area contributed by atoms with E-state index in [1.54, 1.807) is 24.3 Å². The first-order valence-corrected chi connectivity index (χ1v) is 10.0. The predicted octanol–water partition coefficient (Wildman–Crippen LogP) is 3.15. The number of hydrogen-bond donors (Lipinski definition) is 1. The lowest BCUT2D eigenvalue weighted by atomic mass is 10.2. The maximum absolute atomic E-state index is 12.5. The highest BCUT2D eigenvalue weighted by Gasteiger charge is 2.30. The number of sulfonamides is 1. The molecule has 8 nitrogen and oxygen atoms in total. The van der Waals surface area contributed by atoms with Crippen LogP contribution in [0.3, 0.4) is 0 Å². The van der Waals surface area contributed by atoms with Gasteiger partial charge in [-0.15, -0.1) is 0 Å². The smallest absolute Gasteiger partial charge is 0.271 e. The van der Waals surface area contributed by atoms with E-state index < -0.39 is 26.9 Å². The molecule has 138 valence electrons. The Morgan fingerprint density at radius 1 is 1.23 bits per heavy atom. The Hall–Kier alpha value is -2.46. The second kappa shape index (κ2) is 7.83. The van der Waals surface area contributed by atoms with Gasteiger partial charge in [0.05, 0.1) is 16.9 Å². The van der Waals surface area contributed by atoms with Crippen molar-refractivity contribution in [3.8, 4) is 0 Å². The van der Waals surface area contributed by atoms with Gasteiger partial charge in [-0.25, -0.2) is 8.42 Å². The second-order valence-electron chi connectivity index (χ2n) is 5.51. The number of carbonyl (C=O) groups is 1. The molecule has 0 heterocycles. The fourth-order valence-corrected chi connectivity index (χ4v) is 3.76. The summed E-state index contributed by atoms with van der Waals surface area (Å²) in [7, 11) is -3.86. The quantitative estimate of drug-likeness (QED) is 0.546. The predicted molar refractivity (Wildman–Crippen MR) is 103 cm³/mol. The van der Waals surface area contributed by atoms with Crippen LogP contribution in [0, 0.1) is 10.1 Å². The summed E-state index contributed by atoms with van der Waals surface area (Å²) in [6.07, 6.45) is 0.940. The van der Waals surface area contributed by atoms with Crippen LogP contribution < -0.4 is 9.62 Å². The fraction of sp³-hybridized carbons (Fsp3) is 0.188. The largest absolute Gasteiger partial charge is 0.324 e. The number of non-ortho nitro benzene ring substituents is 1. The second-order valence-corrected chi connectivity index (χ2v) is 8.28. The molecular weight excluding hydrogens is 426 g/mol. The van der Waals surface area contributed by atoms with Crippen LogP contribution >= 0.6 is 15.9 Å². The standard InChI is InChI=1S/C16H16BrN3O5S/c1-11(16(21)18-13-8-6-12(17)7-9-13)19(26(2,24)25)14-4-3-5-15(10-14)20(22)23/h3-11H,1-2H3,(H,18,21)/t11-/m0/s1. The van der Waals surface area contributed by atoms with Gasteiger partial charge in [-0.05, 0) is 37.3 Å². The molecule has 0 aliphatic heterocycles. The zero-order valence-corrected chi connectivity index (χ0v) is 16.3. The van der Waals surface area contributed by atoms with Gasteiger partial charge in [-0.1, -0.05) is 22.0 Å². The van der Waals surface area contributed by atoms with E-state index in [4.69, 9.17) is 0 Å². The van der Waals surface area contributed by atoms with Crippen molar-refractivity contribution in [3.05, 3.63) is 63.1 Å². The molecule has 0 saturated heterocycles. The third-order valence-electron chi connectivity index (χ3n) is 3.50. The van der Waals surface area contributed by atoms with Gasteiger partial charge < -0.3 is 5.32 Å².